The zero-order valence-corrected chi connectivity index (χ0v) is 19.0. The van der Waals surface area contributed by atoms with Crippen molar-refractivity contribution in [3.63, 3.8) is 0 Å². The first kappa shape index (κ1) is 22.5. The SMILES string of the molecule is CCc1ccc(NS(=O)(=O)c2ccc3c(c2)C(=O)C(C(=O)N(C)Cc2ccco2)C=N3)cc1. The molecule has 1 unspecified atom stereocenters. The van der Waals surface area contributed by atoms with Gasteiger partial charge in [0.05, 0.1) is 23.4 Å². The smallest absolute Gasteiger partial charge is 0.261 e. The lowest BCUT2D eigenvalue weighted by molar-refractivity contribution is -0.131. The molecule has 0 bridgehead atoms. The van der Waals surface area contributed by atoms with Gasteiger partial charge in [-0.15, -0.1) is 0 Å². The van der Waals surface area contributed by atoms with Crippen LogP contribution < -0.4 is 4.72 Å². The van der Waals surface area contributed by atoms with Crippen LogP contribution in [-0.2, 0) is 27.8 Å². The van der Waals surface area contributed by atoms with Crippen LogP contribution >= 0.6 is 0 Å². The van der Waals surface area contributed by atoms with E-state index in [1.165, 1.54) is 35.6 Å². The molecule has 1 atom stereocenters. The molecule has 0 spiro atoms. The number of nitrogens with zero attached hydrogens (tertiary/aromatic N) is 2. The molecule has 2 heterocycles. The van der Waals surface area contributed by atoms with Crippen molar-refractivity contribution in [3.05, 3.63) is 77.7 Å². The number of amides is 1. The fourth-order valence-corrected chi connectivity index (χ4v) is 4.62. The topological polar surface area (TPSA) is 109 Å². The summed E-state index contributed by atoms with van der Waals surface area (Å²) < 4.78 is 33.6. The highest BCUT2D eigenvalue weighted by atomic mass is 32.2. The van der Waals surface area contributed by atoms with E-state index >= 15 is 0 Å². The third-order valence-corrected chi connectivity index (χ3v) is 6.80. The average molecular weight is 466 g/mol. The minimum Gasteiger partial charge on any atom is -0.467 e. The number of furan rings is 1. The van der Waals surface area contributed by atoms with Crippen molar-refractivity contribution in [3.8, 4) is 0 Å². The highest BCUT2D eigenvalue weighted by Gasteiger charge is 2.33. The van der Waals surface area contributed by atoms with Gasteiger partial charge in [-0.25, -0.2) is 8.42 Å². The molecular weight excluding hydrogens is 442 g/mol. The molecule has 0 saturated carbocycles. The largest absolute Gasteiger partial charge is 0.467 e. The van der Waals surface area contributed by atoms with E-state index in [0.717, 1.165) is 12.0 Å². The standard InChI is InChI=1S/C24H23N3O5S/c1-3-16-6-8-17(9-7-16)26-33(30,31)19-10-11-22-20(13-19)23(28)21(14-25-22)24(29)27(2)15-18-5-4-12-32-18/h4-14,21,26H,3,15H2,1-2H3. The second-order valence-electron chi connectivity index (χ2n) is 7.73. The molecule has 33 heavy (non-hydrogen) atoms. The minimum atomic E-state index is -3.94. The van der Waals surface area contributed by atoms with Crippen LogP contribution in [0.25, 0.3) is 0 Å². The number of anilines is 1. The van der Waals surface area contributed by atoms with Crippen LogP contribution in [0.1, 0.15) is 28.6 Å². The van der Waals surface area contributed by atoms with Gasteiger partial charge in [-0.3, -0.25) is 19.3 Å². The Kier molecular flexibility index (Phi) is 6.15. The molecule has 0 fully saturated rings. The average Bonchev–Trinajstić information content (AvgIpc) is 3.32. The van der Waals surface area contributed by atoms with E-state index in [4.69, 9.17) is 4.42 Å². The summed E-state index contributed by atoms with van der Waals surface area (Å²) in [4.78, 5) is 31.5. The van der Waals surface area contributed by atoms with Gasteiger partial charge in [0.25, 0.3) is 10.0 Å². The van der Waals surface area contributed by atoms with Crippen LogP contribution in [-0.4, -0.2) is 38.3 Å². The molecule has 0 aliphatic carbocycles. The van der Waals surface area contributed by atoms with E-state index in [2.05, 4.69) is 9.71 Å². The first-order valence-electron chi connectivity index (χ1n) is 10.4. The molecule has 170 valence electrons. The fourth-order valence-electron chi connectivity index (χ4n) is 3.53. The number of aryl methyl sites for hydroxylation is 1. The number of hydrogen-bond acceptors (Lipinski definition) is 6. The predicted octanol–water partition coefficient (Wildman–Crippen LogP) is 3.82. The summed E-state index contributed by atoms with van der Waals surface area (Å²) in [5, 5.41) is 0. The Balaban J connectivity index is 1.55. The van der Waals surface area contributed by atoms with E-state index in [1.54, 1.807) is 31.3 Å². The van der Waals surface area contributed by atoms with E-state index in [1.807, 2.05) is 19.1 Å². The molecule has 3 aromatic rings. The van der Waals surface area contributed by atoms with Crippen LogP contribution in [0.3, 0.4) is 0 Å². The van der Waals surface area contributed by atoms with Crippen molar-refractivity contribution in [2.45, 2.75) is 24.8 Å². The molecule has 9 heteroatoms. The van der Waals surface area contributed by atoms with Crippen LogP contribution in [0, 0.1) is 5.92 Å². The lowest BCUT2D eigenvalue weighted by Gasteiger charge is -2.23. The van der Waals surface area contributed by atoms with Crippen molar-refractivity contribution < 1.29 is 22.4 Å². The van der Waals surface area contributed by atoms with Crippen molar-refractivity contribution >= 4 is 39.3 Å². The Hall–Kier alpha value is -3.72. The molecule has 4 rings (SSSR count). The number of carbonyl (C=O) groups is 2. The Morgan fingerprint density at radius 3 is 2.58 bits per heavy atom. The van der Waals surface area contributed by atoms with Crippen molar-refractivity contribution in [2.75, 3.05) is 11.8 Å². The number of hydrogen-bond donors (Lipinski definition) is 1. The molecular formula is C24H23N3O5S. The third-order valence-electron chi connectivity index (χ3n) is 5.42. The molecule has 1 aliphatic heterocycles. The molecule has 1 aliphatic rings. The predicted molar refractivity (Wildman–Crippen MR) is 124 cm³/mol. The van der Waals surface area contributed by atoms with E-state index < -0.39 is 27.6 Å². The molecule has 1 N–H and O–H groups in total. The van der Waals surface area contributed by atoms with Crippen LogP contribution in [0.15, 0.2) is 75.2 Å². The lowest BCUT2D eigenvalue weighted by Crippen LogP contribution is -2.38. The van der Waals surface area contributed by atoms with Gasteiger partial charge in [0.1, 0.15) is 11.7 Å². The summed E-state index contributed by atoms with van der Waals surface area (Å²) in [6.45, 7) is 2.21. The number of rotatable bonds is 7. The summed E-state index contributed by atoms with van der Waals surface area (Å²) >= 11 is 0. The number of Topliss-reactive ketones (excluding diaryl/α,β-unsaturated/α-hetero) is 1. The monoisotopic (exact) mass is 465 g/mol. The van der Waals surface area contributed by atoms with Gasteiger partial charge in [0.2, 0.25) is 5.91 Å². The Labute approximate surface area is 192 Å². The highest BCUT2D eigenvalue weighted by molar-refractivity contribution is 7.92. The number of aliphatic imine (C=N–C) groups is 1. The maximum atomic E-state index is 13.1. The van der Waals surface area contributed by atoms with E-state index in [-0.39, 0.29) is 17.0 Å². The van der Waals surface area contributed by atoms with Gasteiger partial charge in [0, 0.05) is 24.5 Å². The van der Waals surface area contributed by atoms with Crippen LogP contribution in [0.4, 0.5) is 11.4 Å². The number of benzene rings is 2. The molecule has 1 aromatic heterocycles. The van der Waals surface area contributed by atoms with Gasteiger partial charge >= 0.3 is 0 Å². The molecule has 0 saturated heterocycles. The molecule has 8 nitrogen and oxygen atoms in total. The second-order valence-corrected chi connectivity index (χ2v) is 9.41. The normalized spacial score (nSPS) is 15.2. The van der Waals surface area contributed by atoms with Gasteiger partial charge < -0.3 is 9.32 Å². The first-order valence-corrected chi connectivity index (χ1v) is 11.9. The lowest BCUT2D eigenvalue weighted by atomic mass is 9.93. The summed E-state index contributed by atoms with van der Waals surface area (Å²) in [5.41, 5.74) is 1.92. The number of carbonyl (C=O) groups excluding carboxylic acids is 2. The van der Waals surface area contributed by atoms with Crippen molar-refractivity contribution in [1.29, 1.82) is 0 Å². The first-order chi connectivity index (χ1) is 15.8. The number of nitrogens with one attached hydrogen (secondary N) is 1. The van der Waals surface area contributed by atoms with E-state index in [9.17, 15) is 18.0 Å². The third kappa shape index (κ3) is 4.73. The zero-order chi connectivity index (χ0) is 23.6. The maximum Gasteiger partial charge on any atom is 0.261 e. The Morgan fingerprint density at radius 1 is 1.15 bits per heavy atom. The second kappa shape index (κ2) is 9.03. The Morgan fingerprint density at radius 2 is 1.91 bits per heavy atom. The van der Waals surface area contributed by atoms with Crippen LogP contribution in [0.2, 0.25) is 0 Å². The fraction of sp³-hybridized carbons (Fsp3) is 0.208. The zero-order valence-electron chi connectivity index (χ0n) is 18.2. The molecule has 0 radical (unpaired) electrons. The quantitative estimate of drug-likeness (QED) is 0.534. The number of ketones is 1. The summed E-state index contributed by atoms with van der Waals surface area (Å²) in [6.07, 6.45) is 3.65. The van der Waals surface area contributed by atoms with Crippen molar-refractivity contribution in [2.24, 2.45) is 10.9 Å². The van der Waals surface area contributed by atoms with Gasteiger partial charge in [-0.1, -0.05) is 19.1 Å². The number of sulfonamides is 1. The number of fused-ring (bicyclic) bond motifs is 1. The highest BCUT2D eigenvalue weighted by Crippen LogP contribution is 2.30. The van der Waals surface area contributed by atoms with E-state index in [0.29, 0.717) is 17.1 Å². The molecule has 2 aromatic carbocycles. The Bertz CT molecular complexity index is 1310. The van der Waals surface area contributed by atoms with Gasteiger partial charge in [0.15, 0.2) is 5.78 Å². The van der Waals surface area contributed by atoms with Crippen LogP contribution in [0.5, 0.6) is 0 Å². The summed E-state index contributed by atoms with van der Waals surface area (Å²) in [6, 6.07) is 14.6. The van der Waals surface area contributed by atoms with Gasteiger partial charge in [-0.2, -0.15) is 0 Å². The minimum absolute atomic E-state index is 0.0820. The molecule has 1 amide bonds. The summed E-state index contributed by atoms with van der Waals surface area (Å²) in [5.74, 6) is -1.50. The van der Waals surface area contributed by atoms with Crippen molar-refractivity contribution in [1.82, 2.24) is 4.90 Å². The van der Waals surface area contributed by atoms with Gasteiger partial charge in [-0.05, 0) is 54.4 Å². The summed E-state index contributed by atoms with van der Waals surface area (Å²) in [7, 11) is -2.37. The maximum absolute atomic E-state index is 13.1.